The van der Waals surface area contributed by atoms with Gasteiger partial charge in [0.05, 0.1) is 15.5 Å². The van der Waals surface area contributed by atoms with E-state index >= 15 is 0 Å². The monoisotopic (exact) mass is 433 g/mol. The number of hydrogen-bond acceptors (Lipinski definition) is 6. The van der Waals surface area contributed by atoms with Gasteiger partial charge in [-0.2, -0.15) is 0 Å². The van der Waals surface area contributed by atoms with Crippen LogP contribution in [0.15, 0.2) is 23.1 Å². The lowest BCUT2D eigenvalue weighted by molar-refractivity contribution is -0.123. The first kappa shape index (κ1) is 23.9. The van der Waals surface area contributed by atoms with E-state index in [-0.39, 0.29) is 15.5 Å². The highest BCUT2D eigenvalue weighted by molar-refractivity contribution is 7.89. The van der Waals surface area contributed by atoms with Crippen molar-refractivity contribution in [1.29, 1.82) is 0 Å². The Morgan fingerprint density at radius 1 is 1.21 bits per heavy atom. The van der Waals surface area contributed by atoms with Crippen molar-refractivity contribution in [3.05, 3.63) is 28.8 Å². The molecule has 0 aliphatic carbocycles. The van der Waals surface area contributed by atoms with Gasteiger partial charge in [0.25, 0.3) is 5.91 Å². The first-order chi connectivity index (χ1) is 12.9. The third-order valence-electron chi connectivity index (χ3n) is 3.53. The lowest BCUT2D eigenvalue weighted by atomic mass is 10.1. The second kappa shape index (κ2) is 10.4. The summed E-state index contributed by atoms with van der Waals surface area (Å²) in [6.45, 7) is 3.67. The van der Waals surface area contributed by atoms with Gasteiger partial charge in [0, 0.05) is 20.6 Å². The quantitative estimate of drug-likeness (QED) is 0.600. The summed E-state index contributed by atoms with van der Waals surface area (Å²) in [5.41, 5.74) is -0.209. The predicted molar refractivity (Wildman–Crippen MR) is 104 cm³/mol. The lowest BCUT2D eigenvalue weighted by Crippen LogP contribution is -2.42. The van der Waals surface area contributed by atoms with Gasteiger partial charge < -0.3 is 10.1 Å². The molecule has 9 nitrogen and oxygen atoms in total. The van der Waals surface area contributed by atoms with E-state index in [0.717, 1.165) is 16.8 Å². The number of carbonyl (C=O) groups is 3. The van der Waals surface area contributed by atoms with E-state index in [2.05, 4.69) is 5.32 Å². The molecule has 2 N–H and O–H groups in total. The number of rotatable bonds is 8. The molecule has 156 valence electrons. The van der Waals surface area contributed by atoms with Crippen molar-refractivity contribution in [3.63, 3.8) is 0 Å². The van der Waals surface area contributed by atoms with Crippen molar-refractivity contribution in [2.24, 2.45) is 5.92 Å². The molecule has 0 bridgehead atoms. The molecule has 3 amide bonds. The Morgan fingerprint density at radius 3 is 2.43 bits per heavy atom. The number of benzene rings is 1. The Kier molecular flexibility index (Phi) is 8.86. The molecule has 0 aliphatic rings. The largest absolute Gasteiger partial charge is 0.452 e. The number of nitrogens with zero attached hydrogens (tertiary/aromatic N) is 1. The van der Waals surface area contributed by atoms with Gasteiger partial charge in [0.2, 0.25) is 10.0 Å². The van der Waals surface area contributed by atoms with E-state index in [1.807, 2.05) is 19.2 Å². The zero-order chi connectivity index (χ0) is 21.5. The van der Waals surface area contributed by atoms with E-state index < -0.39 is 34.5 Å². The number of nitrogens with one attached hydrogen (secondary N) is 2. The van der Waals surface area contributed by atoms with Crippen molar-refractivity contribution >= 4 is 39.5 Å². The molecule has 0 spiro atoms. The van der Waals surface area contributed by atoms with Gasteiger partial charge in [0.1, 0.15) is 0 Å². The SMILES string of the molecule is CC(C)CCNC(=O)NC(=O)COC(=O)c1cc(S(=O)(=O)N(C)C)ccc1Cl. The zero-order valence-electron chi connectivity index (χ0n) is 16.1. The molecule has 0 aliphatic heterocycles. The van der Waals surface area contributed by atoms with Gasteiger partial charge in [-0.05, 0) is 30.5 Å². The minimum atomic E-state index is -3.78. The smallest absolute Gasteiger partial charge is 0.340 e. The van der Waals surface area contributed by atoms with Gasteiger partial charge in [0.15, 0.2) is 6.61 Å². The number of sulfonamides is 1. The van der Waals surface area contributed by atoms with Gasteiger partial charge in [-0.25, -0.2) is 22.3 Å². The molecule has 1 rings (SSSR count). The Morgan fingerprint density at radius 2 is 1.86 bits per heavy atom. The molecular weight excluding hydrogens is 410 g/mol. The predicted octanol–water partition coefficient (Wildman–Crippen LogP) is 1.62. The highest BCUT2D eigenvalue weighted by Crippen LogP contribution is 2.22. The number of urea groups is 1. The van der Waals surface area contributed by atoms with E-state index in [1.54, 1.807) is 0 Å². The first-order valence-corrected chi connectivity index (χ1v) is 10.2. The van der Waals surface area contributed by atoms with E-state index in [0.29, 0.717) is 12.5 Å². The summed E-state index contributed by atoms with van der Waals surface area (Å²) in [6, 6.07) is 2.87. The van der Waals surface area contributed by atoms with Crippen molar-refractivity contribution in [3.8, 4) is 0 Å². The Hall–Kier alpha value is -2.17. The van der Waals surface area contributed by atoms with Crippen molar-refractivity contribution < 1.29 is 27.5 Å². The maximum atomic E-state index is 12.2. The summed E-state index contributed by atoms with van der Waals surface area (Å²) in [6.07, 6.45) is 0.751. The van der Waals surface area contributed by atoms with Crippen LogP contribution < -0.4 is 10.6 Å². The van der Waals surface area contributed by atoms with Gasteiger partial charge in [-0.15, -0.1) is 0 Å². The van der Waals surface area contributed by atoms with E-state index in [4.69, 9.17) is 16.3 Å². The van der Waals surface area contributed by atoms with Crippen LogP contribution in [0.5, 0.6) is 0 Å². The third kappa shape index (κ3) is 7.10. The van der Waals surface area contributed by atoms with Gasteiger partial charge >= 0.3 is 12.0 Å². The summed E-state index contributed by atoms with van der Waals surface area (Å²) in [5.74, 6) is -1.42. The average Bonchev–Trinajstić information content (AvgIpc) is 2.59. The summed E-state index contributed by atoms with van der Waals surface area (Å²) >= 11 is 5.93. The van der Waals surface area contributed by atoms with Crippen LogP contribution in [-0.2, 0) is 19.6 Å². The molecule has 1 aromatic rings. The average molecular weight is 434 g/mol. The summed E-state index contributed by atoms with van der Waals surface area (Å²) in [4.78, 5) is 35.3. The molecule has 1 aromatic carbocycles. The van der Waals surface area contributed by atoms with Crippen LogP contribution in [0.1, 0.15) is 30.6 Å². The number of carbonyl (C=O) groups excluding carboxylic acids is 3. The van der Waals surface area contributed by atoms with Crippen LogP contribution in [0.25, 0.3) is 0 Å². The van der Waals surface area contributed by atoms with Crippen LogP contribution in [0.4, 0.5) is 4.79 Å². The minimum absolute atomic E-state index is 0.0328. The molecule has 0 aromatic heterocycles. The minimum Gasteiger partial charge on any atom is -0.452 e. The summed E-state index contributed by atoms with van der Waals surface area (Å²) < 4.78 is 30.1. The second-order valence-electron chi connectivity index (χ2n) is 6.49. The van der Waals surface area contributed by atoms with Crippen molar-refractivity contribution in [2.75, 3.05) is 27.2 Å². The fraction of sp³-hybridized carbons (Fsp3) is 0.471. The molecule has 0 atom stereocenters. The topological polar surface area (TPSA) is 122 Å². The highest BCUT2D eigenvalue weighted by atomic mass is 35.5. The summed E-state index contributed by atoms with van der Waals surface area (Å²) in [7, 11) is -1.09. The number of halogens is 1. The maximum absolute atomic E-state index is 12.2. The molecule has 28 heavy (non-hydrogen) atoms. The fourth-order valence-electron chi connectivity index (χ4n) is 1.92. The number of imide groups is 1. The van der Waals surface area contributed by atoms with Crippen LogP contribution >= 0.6 is 11.6 Å². The lowest BCUT2D eigenvalue weighted by Gasteiger charge is -2.13. The van der Waals surface area contributed by atoms with E-state index in [9.17, 15) is 22.8 Å². The molecule has 0 saturated carbocycles. The Bertz CT molecular complexity index is 839. The molecule has 0 radical (unpaired) electrons. The maximum Gasteiger partial charge on any atom is 0.340 e. The molecule has 0 heterocycles. The second-order valence-corrected chi connectivity index (χ2v) is 9.05. The van der Waals surface area contributed by atoms with Crippen LogP contribution in [0.3, 0.4) is 0 Å². The molecule has 11 heteroatoms. The number of hydrogen-bond donors (Lipinski definition) is 2. The first-order valence-electron chi connectivity index (χ1n) is 8.42. The van der Waals surface area contributed by atoms with Gasteiger partial charge in [-0.1, -0.05) is 25.4 Å². The van der Waals surface area contributed by atoms with Crippen LogP contribution in [0, 0.1) is 5.92 Å². The molecule has 0 saturated heterocycles. The standard InChI is InChI=1S/C17H24ClN3O6S/c1-11(2)7-8-19-17(24)20-15(22)10-27-16(23)13-9-12(5-6-14(13)18)28(25,26)21(3)4/h5-6,9,11H,7-8,10H2,1-4H3,(H2,19,20,22,24). The molecule has 0 fully saturated rings. The van der Waals surface area contributed by atoms with E-state index in [1.165, 1.54) is 26.2 Å². The number of ether oxygens (including phenoxy) is 1. The zero-order valence-corrected chi connectivity index (χ0v) is 17.7. The van der Waals surface area contributed by atoms with Crippen molar-refractivity contribution in [2.45, 2.75) is 25.2 Å². The van der Waals surface area contributed by atoms with Crippen LogP contribution in [-0.4, -0.2) is 57.9 Å². The molecular formula is C17H24ClN3O6S. The molecule has 0 unspecified atom stereocenters. The fourth-order valence-corrected chi connectivity index (χ4v) is 3.05. The number of amides is 3. The Labute approximate surface area is 169 Å². The van der Waals surface area contributed by atoms with Crippen molar-refractivity contribution in [1.82, 2.24) is 14.9 Å². The highest BCUT2D eigenvalue weighted by Gasteiger charge is 2.22. The van der Waals surface area contributed by atoms with Gasteiger partial charge in [-0.3, -0.25) is 10.1 Å². The Balaban J connectivity index is 2.68. The summed E-state index contributed by atoms with van der Waals surface area (Å²) in [5, 5.41) is 4.50. The van der Waals surface area contributed by atoms with Crippen LogP contribution in [0.2, 0.25) is 5.02 Å². The third-order valence-corrected chi connectivity index (χ3v) is 5.67. The normalized spacial score (nSPS) is 11.4. The number of esters is 1.